The van der Waals surface area contributed by atoms with Crippen molar-refractivity contribution in [3.8, 4) is 11.5 Å². The molecule has 0 atom stereocenters. The van der Waals surface area contributed by atoms with Crippen molar-refractivity contribution in [2.45, 2.75) is 0 Å². The van der Waals surface area contributed by atoms with Crippen molar-refractivity contribution in [3.05, 3.63) is 37.1 Å². The van der Waals surface area contributed by atoms with Crippen molar-refractivity contribution in [1.82, 2.24) is 0 Å². The third-order valence-electron chi connectivity index (χ3n) is 1.18. The summed E-state index contributed by atoms with van der Waals surface area (Å²) in [6, 6.07) is 6.89. The molecule has 0 aliphatic heterocycles. The molecule has 1 aromatic carbocycles. The number of hydrogen-bond acceptors (Lipinski definition) is 2. The third-order valence-corrected chi connectivity index (χ3v) is 1.18. The zero-order chi connectivity index (χ0) is 8.10. The maximum absolute atomic E-state index is 4.97. The molecule has 11 heavy (non-hydrogen) atoms. The van der Waals surface area contributed by atoms with Gasteiger partial charge in [-0.25, -0.2) is 0 Å². The fourth-order valence-electron chi connectivity index (χ4n) is 0.693. The van der Waals surface area contributed by atoms with E-state index in [-0.39, 0.29) is 0 Å². The van der Waals surface area contributed by atoms with Gasteiger partial charge in [-0.15, -0.1) is 0 Å². The van der Waals surface area contributed by atoms with Gasteiger partial charge >= 0.3 is 8.05 Å². The Bertz CT molecular complexity index is 230. The van der Waals surface area contributed by atoms with E-state index in [0.29, 0.717) is 11.5 Å². The Morgan fingerprint density at radius 3 is 2.18 bits per heavy atom. The average molecular weight is 146 g/mol. The lowest BCUT2D eigenvalue weighted by Gasteiger charge is -2.01. The number of hydrogen-bond donors (Lipinski definition) is 0. The molecule has 3 heteroatoms. The minimum atomic E-state index is 0.599. The second-order valence-corrected chi connectivity index (χ2v) is 1.87. The topological polar surface area (TPSA) is 18.5 Å². The van der Waals surface area contributed by atoms with E-state index in [1.54, 1.807) is 24.3 Å². The predicted octanol–water partition coefficient (Wildman–Crippen LogP) is 1.67. The van der Waals surface area contributed by atoms with Crippen LogP contribution in [-0.4, -0.2) is 8.05 Å². The highest BCUT2D eigenvalue weighted by Crippen LogP contribution is 2.16. The Kier molecular flexibility index (Phi) is 2.61. The number of rotatable bonds is 3. The van der Waals surface area contributed by atoms with Crippen molar-refractivity contribution >= 4 is 8.05 Å². The molecule has 0 N–H and O–H groups in total. The molecule has 0 aromatic heterocycles. The SMILES string of the molecule is [B]Oc1ccc(OC=C)cc1. The highest BCUT2D eigenvalue weighted by atomic mass is 16.5. The van der Waals surface area contributed by atoms with E-state index in [0.717, 1.165) is 0 Å². The molecule has 0 aliphatic carbocycles. The second kappa shape index (κ2) is 3.71. The summed E-state index contributed by atoms with van der Waals surface area (Å²) in [4.78, 5) is 0. The smallest absolute Gasteiger partial charge is 0.374 e. The van der Waals surface area contributed by atoms with Crippen LogP contribution < -0.4 is 9.39 Å². The minimum Gasteiger partial charge on any atom is -0.568 e. The molecule has 0 saturated heterocycles. The van der Waals surface area contributed by atoms with Crippen LogP contribution in [0.5, 0.6) is 11.5 Å². The minimum absolute atomic E-state index is 0.599. The van der Waals surface area contributed by atoms with E-state index >= 15 is 0 Å². The molecule has 2 nitrogen and oxygen atoms in total. The fourth-order valence-corrected chi connectivity index (χ4v) is 0.693. The first-order valence-corrected chi connectivity index (χ1v) is 3.11. The van der Waals surface area contributed by atoms with Gasteiger partial charge in [0.05, 0.1) is 12.0 Å². The van der Waals surface area contributed by atoms with Crippen LogP contribution in [0.4, 0.5) is 0 Å². The summed E-state index contributed by atoms with van der Waals surface area (Å²) in [6.45, 7) is 3.42. The molecule has 0 spiro atoms. The largest absolute Gasteiger partial charge is 0.568 e. The Balaban J connectivity index is 2.74. The van der Waals surface area contributed by atoms with E-state index < -0.39 is 0 Å². The van der Waals surface area contributed by atoms with Crippen LogP contribution in [0.25, 0.3) is 0 Å². The maximum atomic E-state index is 4.97. The molecule has 0 amide bonds. The van der Waals surface area contributed by atoms with Crippen LogP contribution in [-0.2, 0) is 0 Å². The van der Waals surface area contributed by atoms with Gasteiger partial charge in [0.2, 0.25) is 0 Å². The summed E-state index contributed by atoms with van der Waals surface area (Å²) in [5.74, 6) is 1.31. The molecule has 0 heterocycles. The Morgan fingerprint density at radius 1 is 1.18 bits per heavy atom. The Morgan fingerprint density at radius 2 is 1.73 bits per heavy atom. The van der Waals surface area contributed by atoms with Crippen LogP contribution in [0.2, 0.25) is 0 Å². The van der Waals surface area contributed by atoms with Gasteiger partial charge in [-0.05, 0) is 24.3 Å². The lowest BCUT2D eigenvalue weighted by atomic mass is 10.3. The van der Waals surface area contributed by atoms with E-state index in [2.05, 4.69) is 11.2 Å². The summed E-state index contributed by atoms with van der Waals surface area (Å²) in [7, 11) is 4.91. The van der Waals surface area contributed by atoms with Crippen LogP contribution in [0, 0.1) is 0 Å². The molecular weight excluding hydrogens is 139 g/mol. The lowest BCUT2D eigenvalue weighted by Crippen LogP contribution is -1.85. The van der Waals surface area contributed by atoms with E-state index in [4.69, 9.17) is 12.8 Å². The average Bonchev–Trinajstić information content (AvgIpc) is 2.07. The van der Waals surface area contributed by atoms with Crippen LogP contribution in [0.15, 0.2) is 37.1 Å². The molecule has 0 saturated carbocycles. The Hall–Kier alpha value is -1.38. The summed E-state index contributed by atoms with van der Waals surface area (Å²) in [5, 5.41) is 0. The van der Waals surface area contributed by atoms with Crippen LogP contribution in [0.3, 0.4) is 0 Å². The summed E-state index contributed by atoms with van der Waals surface area (Å²) < 4.78 is 9.44. The maximum Gasteiger partial charge on any atom is 0.374 e. The van der Waals surface area contributed by atoms with Gasteiger partial charge in [0.15, 0.2) is 0 Å². The van der Waals surface area contributed by atoms with E-state index in [9.17, 15) is 0 Å². The molecule has 0 fully saturated rings. The van der Waals surface area contributed by atoms with Gasteiger partial charge in [0.25, 0.3) is 0 Å². The molecule has 0 unspecified atom stereocenters. The quantitative estimate of drug-likeness (QED) is 0.476. The fraction of sp³-hybridized carbons (Fsp3) is 0. The van der Waals surface area contributed by atoms with Crippen LogP contribution in [0.1, 0.15) is 0 Å². The molecule has 1 rings (SSSR count). The van der Waals surface area contributed by atoms with E-state index in [1.807, 2.05) is 0 Å². The van der Waals surface area contributed by atoms with Crippen molar-refractivity contribution < 1.29 is 9.39 Å². The standard InChI is InChI=1S/C8H7BO2/c1-2-10-7-3-5-8(11-9)6-4-7/h2-6H,1H2. The van der Waals surface area contributed by atoms with Gasteiger partial charge in [0.1, 0.15) is 5.75 Å². The highest BCUT2D eigenvalue weighted by molar-refractivity contribution is 5.99. The van der Waals surface area contributed by atoms with Gasteiger partial charge in [0, 0.05) is 0 Å². The van der Waals surface area contributed by atoms with E-state index in [1.165, 1.54) is 6.26 Å². The zero-order valence-corrected chi connectivity index (χ0v) is 5.99. The first kappa shape index (κ1) is 7.73. The van der Waals surface area contributed by atoms with Crippen LogP contribution >= 0.6 is 0 Å². The van der Waals surface area contributed by atoms with Gasteiger partial charge in [-0.3, -0.25) is 0 Å². The zero-order valence-electron chi connectivity index (χ0n) is 5.99. The van der Waals surface area contributed by atoms with Crippen molar-refractivity contribution in [3.63, 3.8) is 0 Å². The normalized spacial score (nSPS) is 8.73. The van der Waals surface area contributed by atoms with Gasteiger partial charge in [-0.1, -0.05) is 6.58 Å². The van der Waals surface area contributed by atoms with Gasteiger partial charge in [-0.2, -0.15) is 0 Å². The van der Waals surface area contributed by atoms with Gasteiger partial charge < -0.3 is 9.39 Å². The predicted molar refractivity (Wildman–Crippen MR) is 43.6 cm³/mol. The first-order valence-electron chi connectivity index (χ1n) is 3.11. The van der Waals surface area contributed by atoms with Crippen molar-refractivity contribution in [2.75, 3.05) is 0 Å². The van der Waals surface area contributed by atoms with Crippen molar-refractivity contribution in [1.29, 1.82) is 0 Å². The van der Waals surface area contributed by atoms with Crippen molar-refractivity contribution in [2.24, 2.45) is 0 Å². The number of benzene rings is 1. The number of ether oxygens (including phenoxy) is 1. The first-order chi connectivity index (χ1) is 5.36. The molecular formula is C8H7BO2. The Labute approximate surface area is 66.9 Å². The molecule has 54 valence electrons. The molecule has 0 aliphatic rings. The molecule has 1 aromatic rings. The molecule has 0 bridgehead atoms. The summed E-state index contributed by atoms with van der Waals surface area (Å²) in [5.41, 5.74) is 0. The monoisotopic (exact) mass is 146 g/mol. The molecule has 2 radical (unpaired) electrons. The third kappa shape index (κ3) is 2.04. The highest BCUT2D eigenvalue weighted by Gasteiger charge is 1.90. The summed E-state index contributed by atoms with van der Waals surface area (Å²) >= 11 is 0. The second-order valence-electron chi connectivity index (χ2n) is 1.87. The summed E-state index contributed by atoms with van der Waals surface area (Å²) in [6.07, 6.45) is 1.36. The lowest BCUT2D eigenvalue weighted by molar-refractivity contribution is 0.482.